The van der Waals surface area contributed by atoms with Crippen molar-refractivity contribution in [3.63, 3.8) is 0 Å². The van der Waals surface area contributed by atoms with E-state index in [0.29, 0.717) is 17.2 Å². The van der Waals surface area contributed by atoms with Crippen molar-refractivity contribution < 1.29 is 4.79 Å². The third-order valence-corrected chi connectivity index (χ3v) is 4.75. The van der Waals surface area contributed by atoms with Crippen molar-refractivity contribution in [3.05, 3.63) is 58.8 Å². The van der Waals surface area contributed by atoms with E-state index < -0.39 is 0 Å². The lowest BCUT2D eigenvalue weighted by Gasteiger charge is -2.17. The number of benzene rings is 1. The summed E-state index contributed by atoms with van der Waals surface area (Å²) in [6, 6.07) is 11.0. The molecule has 0 aliphatic carbocycles. The molecule has 3 rings (SSSR count). The zero-order chi connectivity index (χ0) is 16.2. The first-order valence-electron chi connectivity index (χ1n) is 7.00. The number of hydrogen-bond acceptors (Lipinski definition) is 5. The first-order chi connectivity index (χ1) is 11.2. The smallest absolute Gasteiger partial charge is 0.260 e. The van der Waals surface area contributed by atoms with E-state index in [0.717, 1.165) is 15.0 Å². The lowest BCUT2D eigenvalue weighted by atomic mass is 10.2. The number of aromatic nitrogens is 3. The number of halogens is 1. The van der Waals surface area contributed by atoms with E-state index in [-0.39, 0.29) is 5.91 Å². The molecule has 2 heterocycles. The van der Waals surface area contributed by atoms with Crippen LogP contribution in [0.2, 0.25) is 0 Å². The number of carbonyl (C=O) groups excluding carboxylic acids is 1. The molecular weight excluding hydrogens is 376 g/mol. The fourth-order valence-corrected chi connectivity index (χ4v) is 3.23. The minimum absolute atomic E-state index is 0.0857. The molecule has 0 saturated carbocycles. The second-order valence-electron chi connectivity index (χ2n) is 4.68. The molecule has 3 aromatic rings. The first kappa shape index (κ1) is 15.8. The van der Waals surface area contributed by atoms with Gasteiger partial charge in [0.05, 0.1) is 0 Å². The van der Waals surface area contributed by atoms with Crippen LogP contribution in [0.5, 0.6) is 0 Å². The fraction of sp³-hybridized carbons (Fsp3) is 0.125. The van der Waals surface area contributed by atoms with Crippen molar-refractivity contribution in [1.82, 2.24) is 15.2 Å². The van der Waals surface area contributed by atoms with E-state index in [1.54, 1.807) is 29.4 Å². The largest absolute Gasteiger partial charge is 0.283 e. The van der Waals surface area contributed by atoms with Crippen LogP contribution in [0.25, 0.3) is 10.6 Å². The molecule has 0 saturated heterocycles. The quantitative estimate of drug-likeness (QED) is 0.676. The number of carbonyl (C=O) groups is 1. The molecule has 0 bridgehead atoms. The minimum Gasteiger partial charge on any atom is -0.283 e. The van der Waals surface area contributed by atoms with E-state index in [2.05, 4.69) is 31.1 Å². The lowest BCUT2D eigenvalue weighted by Crippen LogP contribution is -2.30. The van der Waals surface area contributed by atoms with Gasteiger partial charge in [0.15, 0.2) is 0 Å². The highest BCUT2D eigenvalue weighted by molar-refractivity contribution is 9.10. The fourth-order valence-electron chi connectivity index (χ4n) is 2.05. The van der Waals surface area contributed by atoms with E-state index in [1.807, 2.05) is 31.2 Å². The maximum Gasteiger partial charge on any atom is 0.260 e. The molecular formula is C16H13BrN4OS. The highest BCUT2D eigenvalue weighted by Gasteiger charge is 2.20. The molecule has 0 unspecified atom stereocenters. The van der Waals surface area contributed by atoms with Crippen molar-refractivity contribution in [2.45, 2.75) is 6.92 Å². The van der Waals surface area contributed by atoms with Gasteiger partial charge in [0.2, 0.25) is 5.13 Å². The van der Waals surface area contributed by atoms with Gasteiger partial charge >= 0.3 is 0 Å². The maximum atomic E-state index is 12.7. The molecule has 23 heavy (non-hydrogen) atoms. The second-order valence-corrected chi connectivity index (χ2v) is 6.55. The van der Waals surface area contributed by atoms with Crippen LogP contribution < -0.4 is 4.90 Å². The van der Waals surface area contributed by atoms with Crippen LogP contribution in [0.15, 0.2) is 53.3 Å². The molecule has 0 atom stereocenters. The molecule has 0 aliphatic heterocycles. The molecule has 116 valence electrons. The molecule has 0 aliphatic rings. The Bertz CT molecular complexity index is 804. The Morgan fingerprint density at radius 2 is 1.83 bits per heavy atom. The van der Waals surface area contributed by atoms with E-state index in [1.165, 1.54) is 11.3 Å². The second kappa shape index (κ2) is 6.97. The predicted octanol–water partition coefficient (Wildman–Crippen LogP) is 4.03. The average Bonchev–Trinajstić information content (AvgIpc) is 3.06. The van der Waals surface area contributed by atoms with Crippen LogP contribution in [0.3, 0.4) is 0 Å². The van der Waals surface area contributed by atoms with E-state index in [9.17, 15) is 4.79 Å². The molecule has 5 nitrogen and oxygen atoms in total. The normalized spacial score (nSPS) is 10.5. The molecule has 1 amide bonds. The van der Waals surface area contributed by atoms with Crippen LogP contribution in [-0.4, -0.2) is 27.6 Å². The standard InChI is InChI=1S/C16H13BrN4OS/c1-2-21(15(22)12-3-5-13(17)6-4-12)16-20-19-14(23-16)11-7-9-18-10-8-11/h3-10H,2H2,1H3. The summed E-state index contributed by atoms with van der Waals surface area (Å²) in [7, 11) is 0. The summed E-state index contributed by atoms with van der Waals surface area (Å²) in [4.78, 5) is 18.3. The van der Waals surface area contributed by atoms with Gasteiger partial charge in [-0.15, -0.1) is 10.2 Å². The van der Waals surface area contributed by atoms with Gasteiger partial charge in [0, 0.05) is 34.5 Å². The lowest BCUT2D eigenvalue weighted by molar-refractivity contribution is 0.0988. The first-order valence-corrected chi connectivity index (χ1v) is 8.61. The van der Waals surface area contributed by atoms with Crippen molar-refractivity contribution in [3.8, 4) is 10.6 Å². The third kappa shape index (κ3) is 3.46. The van der Waals surface area contributed by atoms with Crippen molar-refractivity contribution in [1.29, 1.82) is 0 Å². The Morgan fingerprint density at radius 3 is 2.48 bits per heavy atom. The third-order valence-electron chi connectivity index (χ3n) is 3.23. The number of anilines is 1. The molecule has 1 aromatic carbocycles. The molecule has 0 radical (unpaired) electrons. The summed E-state index contributed by atoms with van der Waals surface area (Å²) in [5, 5.41) is 9.71. The van der Waals surface area contributed by atoms with Crippen molar-refractivity contribution in [2.24, 2.45) is 0 Å². The predicted molar refractivity (Wildman–Crippen MR) is 94.6 cm³/mol. The number of nitrogens with zero attached hydrogens (tertiary/aromatic N) is 4. The summed E-state index contributed by atoms with van der Waals surface area (Å²) in [5.41, 5.74) is 1.56. The average molecular weight is 389 g/mol. The molecule has 0 spiro atoms. The number of pyridine rings is 1. The Labute approximate surface area is 146 Å². The van der Waals surface area contributed by atoms with Crippen LogP contribution in [-0.2, 0) is 0 Å². The van der Waals surface area contributed by atoms with Crippen molar-refractivity contribution >= 4 is 38.3 Å². The van der Waals surface area contributed by atoms with E-state index in [4.69, 9.17) is 0 Å². The topological polar surface area (TPSA) is 59.0 Å². The minimum atomic E-state index is -0.0857. The van der Waals surface area contributed by atoms with Crippen LogP contribution in [0, 0.1) is 0 Å². The Kier molecular flexibility index (Phi) is 4.78. The summed E-state index contributed by atoms with van der Waals surface area (Å²) < 4.78 is 0.938. The molecule has 7 heteroatoms. The Balaban J connectivity index is 1.88. The summed E-state index contributed by atoms with van der Waals surface area (Å²) >= 11 is 4.76. The SMILES string of the molecule is CCN(C(=O)c1ccc(Br)cc1)c1nnc(-c2ccncc2)s1. The highest BCUT2D eigenvalue weighted by Crippen LogP contribution is 2.29. The molecule has 0 N–H and O–H groups in total. The van der Waals surface area contributed by atoms with Gasteiger partial charge in [-0.25, -0.2) is 0 Å². The van der Waals surface area contributed by atoms with Gasteiger partial charge in [-0.1, -0.05) is 27.3 Å². The van der Waals surface area contributed by atoms with Gasteiger partial charge in [-0.3, -0.25) is 14.7 Å². The van der Waals surface area contributed by atoms with Crippen LogP contribution >= 0.6 is 27.3 Å². The monoisotopic (exact) mass is 388 g/mol. The van der Waals surface area contributed by atoms with Crippen LogP contribution in [0.4, 0.5) is 5.13 Å². The maximum absolute atomic E-state index is 12.7. The highest BCUT2D eigenvalue weighted by atomic mass is 79.9. The Hall–Kier alpha value is -2.12. The molecule has 2 aromatic heterocycles. The van der Waals surface area contributed by atoms with Gasteiger partial charge in [0.1, 0.15) is 5.01 Å². The zero-order valence-electron chi connectivity index (χ0n) is 12.3. The number of amides is 1. The summed E-state index contributed by atoms with van der Waals surface area (Å²) in [6.07, 6.45) is 3.42. The van der Waals surface area contributed by atoms with Crippen LogP contribution in [0.1, 0.15) is 17.3 Å². The zero-order valence-corrected chi connectivity index (χ0v) is 14.7. The van der Waals surface area contributed by atoms with Gasteiger partial charge in [-0.2, -0.15) is 0 Å². The summed E-state index contributed by atoms with van der Waals surface area (Å²) in [6.45, 7) is 2.45. The molecule has 0 fully saturated rings. The van der Waals surface area contributed by atoms with E-state index >= 15 is 0 Å². The summed E-state index contributed by atoms with van der Waals surface area (Å²) in [5.74, 6) is -0.0857. The van der Waals surface area contributed by atoms with Gasteiger partial charge in [-0.05, 0) is 43.3 Å². The van der Waals surface area contributed by atoms with Gasteiger partial charge < -0.3 is 0 Å². The number of hydrogen-bond donors (Lipinski definition) is 0. The van der Waals surface area contributed by atoms with Gasteiger partial charge in [0.25, 0.3) is 5.91 Å². The van der Waals surface area contributed by atoms with Crippen molar-refractivity contribution in [2.75, 3.05) is 11.4 Å². The number of rotatable bonds is 4. The Morgan fingerprint density at radius 1 is 1.13 bits per heavy atom.